The Bertz CT molecular complexity index is 1010. The van der Waals surface area contributed by atoms with Gasteiger partial charge in [0.1, 0.15) is 5.75 Å². The fourth-order valence-electron chi connectivity index (χ4n) is 4.74. The number of piperidine rings is 1. The van der Waals surface area contributed by atoms with Gasteiger partial charge in [0.25, 0.3) is 0 Å². The molecule has 3 heterocycles. The second kappa shape index (κ2) is 11.1. The molecule has 2 aliphatic rings. The molecule has 9 heteroatoms. The highest BCUT2D eigenvalue weighted by atomic mass is 35.5. The maximum absolute atomic E-state index is 5.76. The lowest BCUT2D eigenvalue weighted by Gasteiger charge is -2.34. The van der Waals surface area contributed by atoms with E-state index in [-0.39, 0.29) is 24.8 Å². The van der Waals surface area contributed by atoms with Crippen LogP contribution in [0.2, 0.25) is 0 Å². The molecule has 2 aliphatic heterocycles. The van der Waals surface area contributed by atoms with Crippen LogP contribution in [0.15, 0.2) is 42.5 Å². The van der Waals surface area contributed by atoms with Crippen LogP contribution in [0.1, 0.15) is 42.0 Å². The van der Waals surface area contributed by atoms with Crippen molar-refractivity contribution in [3.05, 3.63) is 59.2 Å². The zero-order valence-electron chi connectivity index (χ0n) is 18.2. The number of hydrogen-bond donors (Lipinski definition) is 2. The van der Waals surface area contributed by atoms with E-state index in [1.54, 1.807) is 7.11 Å². The first kappa shape index (κ1) is 24.5. The minimum Gasteiger partial charge on any atom is -0.496 e. The molecule has 1 saturated heterocycles. The second-order valence-electron chi connectivity index (χ2n) is 8.12. The fourth-order valence-corrected chi connectivity index (χ4v) is 4.74. The Morgan fingerprint density at radius 2 is 2.00 bits per heavy atom. The Morgan fingerprint density at radius 3 is 2.81 bits per heavy atom. The summed E-state index contributed by atoms with van der Waals surface area (Å²) in [5.74, 6) is 1.79. The number of tetrazole rings is 1. The third kappa shape index (κ3) is 4.91. The predicted molar refractivity (Wildman–Crippen MR) is 130 cm³/mol. The van der Waals surface area contributed by atoms with Gasteiger partial charge in [0.05, 0.1) is 7.11 Å². The van der Waals surface area contributed by atoms with E-state index in [0.29, 0.717) is 12.1 Å². The molecule has 2 aromatic carbocycles. The van der Waals surface area contributed by atoms with Crippen molar-refractivity contribution in [1.82, 2.24) is 30.8 Å². The Morgan fingerprint density at radius 1 is 1.16 bits per heavy atom. The van der Waals surface area contributed by atoms with Gasteiger partial charge in [0.2, 0.25) is 0 Å². The summed E-state index contributed by atoms with van der Waals surface area (Å²) in [5.41, 5.74) is 4.86. The van der Waals surface area contributed by atoms with E-state index in [4.69, 9.17) is 4.74 Å². The summed E-state index contributed by atoms with van der Waals surface area (Å²) < 4.78 is 7.67. The molecule has 2 atom stereocenters. The van der Waals surface area contributed by atoms with Gasteiger partial charge in [-0.25, -0.2) is 4.68 Å². The second-order valence-corrected chi connectivity index (χ2v) is 8.12. The van der Waals surface area contributed by atoms with Crippen molar-refractivity contribution >= 4 is 24.8 Å². The topological polar surface area (TPSA) is 76.9 Å². The first-order valence-electron chi connectivity index (χ1n) is 10.8. The summed E-state index contributed by atoms with van der Waals surface area (Å²) in [4.78, 5) is 0. The molecule has 1 aromatic heterocycles. The minimum absolute atomic E-state index is 0. The molecule has 7 nitrogen and oxygen atoms in total. The van der Waals surface area contributed by atoms with E-state index < -0.39 is 0 Å². The van der Waals surface area contributed by atoms with Crippen LogP contribution in [0.4, 0.5) is 0 Å². The molecule has 1 fully saturated rings. The molecule has 32 heavy (non-hydrogen) atoms. The van der Waals surface area contributed by atoms with Gasteiger partial charge in [-0.05, 0) is 65.9 Å². The molecule has 0 saturated carbocycles. The standard InChI is InChI=1S/C23H28N6O.2ClH/c1-30-21-14-17-9-6-12-29-23(26-27-28-29)19(17)13-18(21)15-25-20-10-5-11-24-22(20)16-7-3-2-4-8-16;;/h2-4,7-8,13-14,20,22,24-25H,5-6,9-12,15H2,1H3;2*1H/t20-,22-;;/m0../s1. The van der Waals surface area contributed by atoms with E-state index in [0.717, 1.165) is 61.6 Å². The highest BCUT2D eigenvalue weighted by molar-refractivity contribution is 5.85. The van der Waals surface area contributed by atoms with Crippen LogP contribution >= 0.6 is 24.8 Å². The van der Waals surface area contributed by atoms with Crippen LogP contribution < -0.4 is 15.4 Å². The molecule has 0 spiro atoms. The summed E-state index contributed by atoms with van der Waals surface area (Å²) in [6, 6.07) is 15.8. The average molecular weight is 477 g/mol. The van der Waals surface area contributed by atoms with Crippen molar-refractivity contribution in [3.63, 3.8) is 0 Å². The summed E-state index contributed by atoms with van der Waals surface area (Å²) in [6.45, 7) is 2.65. The predicted octanol–water partition coefficient (Wildman–Crippen LogP) is 3.72. The smallest absolute Gasteiger partial charge is 0.182 e. The van der Waals surface area contributed by atoms with Crippen molar-refractivity contribution < 1.29 is 4.74 Å². The molecular formula is C23H30Cl2N6O. The Balaban J connectivity index is 0.00000144. The maximum atomic E-state index is 5.76. The minimum atomic E-state index is 0. The highest BCUT2D eigenvalue weighted by Crippen LogP contribution is 2.33. The van der Waals surface area contributed by atoms with Crippen LogP contribution in [0, 0.1) is 0 Å². The van der Waals surface area contributed by atoms with E-state index in [9.17, 15) is 0 Å². The normalized spacial score (nSPS) is 19.5. The number of benzene rings is 2. The van der Waals surface area contributed by atoms with Crippen molar-refractivity contribution in [2.24, 2.45) is 0 Å². The number of fused-ring (bicyclic) bond motifs is 3. The van der Waals surface area contributed by atoms with E-state index in [1.807, 2.05) is 4.68 Å². The van der Waals surface area contributed by atoms with Crippen LogP contribution in [-0.2, 0) is 19.5 Å². The summed E-state index contributed by atoms with van der Waals surface area (Å²) >= 11 is 0. The van der Waals surface area contributed by atoms with E-state index in [1.165, 1.54) is 17.5 Å². The lowest BCUT2D eigenvalue weighted by Crippen LogP contribution is -2.45. The van der Waals surface area contributed by atoms with Gasteiger partial charge in [-0.3, -0.25) is 0 Å². The van der Waals surface area contributed by atoms with Gasteiger partial charge < -0.3 is 15.4 Å². The third-order valence-electron chi connectivity index (χ3n) is 6.27. The van der Waals surface area contributed by atoms with Crippen LogP contribution in [0.5, 0.6) is 5.75 Å². The molecule has 0 unspecified atom stereocenters. The average Bonchev–Trinajstić information content (AvgIpc) is 3.20. The number of aromatic nitrogens is 4. The number of halogens is 2. The molecule has 0 amide bonds. The zero-order chi connectivity index (χ0) is 20.3. The summed E-state index contributed by atoms with van der Waals surface area (Å²) in [5, 5.41) is 19.8. The van der Waals surface area contributed by atoms with Gasteiger partial charge in [0, 0.05) is 36.3 Å². The van der Waals surface area contributed by atoms with Crippen molar-refractivity contribution in [2.75, 3.05) is 13.7 Å². The third-order valence-corrected chi connectivity index (χ3v) is 6.27. The molecular weight excluding hydrogens is 447 g/mol. The fraction of sp³-hybridized carbons (Fsp3) is 0.435. The Kier molecular flexibility index (Phi) is 8.48. The number of rotatable bonds is 5. The van der Waals surface area contributed by atoms with Crippen LogP contribution in [0.3, 0.4) is 0 Å². The number of hydrogen-bond acceptors (Lipinski definition) is 6. The van der Waals surface area contributed by atoms with Crippen LogP contribution in [0.25, 0.3) is 11.4 Å². The monoisotopic (exact) mass is 476 g/mol. The largest absolute Gasteiger partial charge is 0.496 e. The van der Waals surface area contributed by atoms with Crippen LogP contribution in [-0.4, -0.2) is 39.9 Å². The molecule has 0 radical (unpaired) electrons. The number of nitrogens with one attached hydrogen (secondary N) is 2. The Hall–Kier alpha value is -2.19. The lowest BCUT2D eigenvalue weighted by atomic mass is 9.92. The van der Waals surface area contributed by atoms with Crippen molar-refractivity contribution in [2.45, 2.75) is 50.9 Å². The van der Waals surface area contributed by atoms with Crippen molar-refractivity contribution in [1.29, 1.82) is 0 Å². The lowest BCUT2D eigenvalue weighted by molar-refractivity contribution is 0.303. The maximum Gasteiger partial charge on any atom is 0.182 e. The highest BCUT2D eigenvalue weighted by Gasteiger charge is 2.26. The summed E-state index contributed by atoms with van der Waals surface area (Å²) in [6.07, 6.45) is 4.35. The summed E-state index contributed by atoms with van der Waals surface area (Å²) in [7, 11) is 1.75. The zero-order valence-corrected chi connectivity index (χ0v) is 19.8. The first-order valence-corrected chi connectivity index (χ1v) is 10.8. The SMILES string of the molecule is COc1cc2c(cc1CN[C@H]1CCCN[C@H]1c1ccccc1)-c1nnnn1CCC2.Cl.Cl. The number of methoxy groups -OCH3 is 1. The molecule has 0 bridgehead atoms. The molecule has 2 N–H and O–H groups in total. The number of nitrogens with zero attached hydrogens (tertiary/aromatic N) is 4. The van der Waals surface area contributed by atoms with Crippen molar-refractivity contribution in [3.8, 4) is 17.1 Å². The number of aryl methyl sites for hydroxylation is 2. The van der Waals surface area contributed by atoms with Gasteiger partial charge in [-0.15, -0.1) is 29.9 Å². The van der Waals surface area contributed by atoms with E-state index >= 15 is 0 Å². The molecule has 172 valence electrons. The van der Waals surface area contributed by atoms with Gasteiger partial charge >= 0.3 is 0 Å². The van der Waals surface area contributed by atoms with E-state index in [2.05, 4.69) is 68.6 Å². The van der Waals surface area contributed by atoms with Gasteiger partial charge in [-0.1, -0.05) is 30.3 Å². The number of ether oxygens (including phenoxy) is 1. The molecule has 3 aromatic rings. The quantitative estimate of drug-likeness (QED) is 0.584. The molecule has 0 aliphatic carbocycles. The first-order chi connectivity index (χ1) is 14.8. The van der Waals surface area contributed by atoms with Gasteiger partial charge in [-0.2, -0.15) is 0 Å². The Labute approximate surface area is 201 Å². The molecule has 5 rings (SSSR count). The van der Waals surface area contributed by atoms with Gasteiger partial charge in [0.15, 0.2) is 5.82 Å².